The highest BCUT2D eigenvalue weighted by molar-refractivity contribution is 6.01. The van der Waals surface area contributed by atoms with Crippen LogP contribution in [0.25, 0.3) is 0 Å². The number of halogens is 3. The van der Waals surface area contributed by atoms with E-state index in [0.717, 1.165) is 44.7 Å². The summed E-state index contributed by atoms with van der Waals surface area (Å²) in [5, 5.41) is 11.3. The average molecular weight is 707 g/mol. The molecule has 14 heteroatoms. The highest BCUT2D eigenvalue weighted by Gasteiger charge is 2.62. The fourth-order valence-corrected chi connectivity index (χ4v) is 9.61. The molecule has 2 heterocycles. The first-order valence-corrected chi connectivity index (χ1v) is 17.6. The van der Waals surface area contributed by atoms with Crippen molar-refractivity contribution in [1.82, 2.24) is 25.5 Å². The van der Waals surface area contributed by atoms with E-state index in [0.29, 0.717) is 41.0 Å². The molecule has 1 aliphatic heterocycles. The smallest absolute Gasteiger partial charge is 0.421 e. The van der Waals surface area contributed by atoms with Crippen molar-refractivity contribution in [3.05, 3.63) is 59.3 Å². The SMILES string of the molecule is CNC(=O)c1cccc(C)c1Nc1nc(Nc2ccc(N3CCN(C4C5CC6CC(C5)CC4(C(=O)NC)C6)CC3)cc2OC)ncc1C(F)(F)F. The molecule has 51 heavy (non-hydrogen) atoms. The van der Waals surface area contributed by atoms with Crippen LogP contribution in [-0.4, -0.2) is 80.1 Å². The number of anilines is 5. The van der Waals surface area contributed by atoms with Gasteiger partial charge in [-0.05, 0) is 80.5 Å². The number of amides is 2. The number of carbonyl (C=O) groups is 2. The maximum atomic E-state index is 14.1. The van der Waals surface area contributed by atoms with Crippen LogP contribution in [0, 0.1) is 30.1 Å². The van der Waals surface area contributed by atoms with Gasteiger partial charge in [-0.25, -0.2) is 4.98 Å². The first-order valence-electron chi connectivity index (χ1n) is 17.6. The summed E-state index contributed by atoms with van der Waals surface area (Å²) < 4.78 is 48.0. The minimum Gasteiger partial charge on any atom is -0.494 e. The molecule has 0 spiro atoms. The van der Waals surface area contributed by atoms with E-state index in [9.17, 15) is 22.8 Å². The first kappa shape index (κ1) is 34.8. The first-order chi connectivity index (χ1) is 24.4. The van der Waals surface area contributed by atoms with Crippen molar-refractivity contribution >= 4 is 40.6 Å². The Hall–Kier alpha value is -4.59. The van der Waals surface area contributed by atoms with Crippen molar-refractivity contribution in [2.45, 2.75) is 51.2 Å². The van der Waals surface area contributed by atoms with Gasteiger partial charge in [-0.2, -0.15) is 18.2 Å². The largest absolute Gasteiger partial charge is 0.494 e. The normalized spacial score (nSPS) is 25.7. The molecule has 11 nitrogen and oxygen atoms in total. The molecule has 4 saturated carbocycles. The van der Waals surface area contributed by atoms with Crippen molar-refractivity contribution in [1.29, 1.82) is 0 Å². The summed E-state index contributed by atoms with van der Waals surface area (Å²) in [7, 11) is 4.76. The molecule has 3 unspecified atom stereocenters. The molecule has 5 aliphatic rings. The Bertz CT molecular complexity index is 1800. The standard InChI is InChI=1S/C37H45F3N8O3/c1-21-6-5-7-26(33(49)41-2)30(21)45-32-27(37(38,39)40)20-43-35(46-32)44-28-9-8-25(17-29(28)51-4)47-10-12-48(13-11-47)31-24-15-22-14-23(16-24)19-36(31,18-22)34(50)42-3/h5-9,17,20,22-24,31H,10-16,18-19H2,1-4H3,(H,41,49)(H,42,50)(H2,43,44,45,46). The number of carbonyl (C=O) groups excluding carboxylic acids is 2. The van der Waals surface area contributed by atoms with Crippen LogP contribution in [0.1, 0.15) is 53.6 Å². The van der Waals surface area contributed by atoms with E-state index in [-0.39, 0.29) is 34.6 Å². The van der Waals surface area contributed by atoms with E-state index >= 15 is 0 Å². The number of ether oxygens (including phenoxy) is 1. The molecule has 1 aromatic heterocycles. The van der Waals surface area contributed by atoms with Crippen LogP contribution >= 0.6 is 0 Å². The van der Waals surface area contributed by atoms with Crippen LogP contribution in [0.3, 0.4) is 0 Å². The Balaban J connectivity index is 1.08. The van der Waals surface area contributed by atoms with Gasteiger partial charge in [0.15, 0.2) is 0 Å². The summed E-state index contributed by atoms with van der Waals surface area (Å²) in [6.45, 7) is 5.00. The van der Waals surface area contributed by atoms with E-state index in [1.54, 1.807) is 32.2 Å². The lowest BCUT2D eigenvalue weighted by molar-refractivity contribution is -0.164. The second-order valence-corrected chi connectivity index (χ2v) is 14.5. The molecule has 2 amide bonds. The molecule has 2 aromatic carbocycles. The number of aryl methyl sites for hydroxylation is 1. The van der Waals surface area contributed by atoms with Crippen molar-refractivity contribution < 1.29 is 27.5 Å². The number of aromatic nitrogens is 2. The van der Waals surface area contributed by atoms with Gasteiger partial charge in [0.1, 0.15) is 17.1 Å². The average Bonchev–Trinajstić information content (AvgIpc) is 3.11. The number of piperazine rings is 1. The quantitative estimate of drug-likeness (QED) is 0.221. The maximum Gasteiger partial charge on any atom is 0.421 e. The van der Waals surface area contributed by atoms with Gasteiger partial charge >= 0.3 is 6.18 Å². The number of methoxy groups -OCH3 is 1. The third-order valence-corrected chi connectivity index (χ3v) is 11.5. The van der Waals surface area contributed by atoms with E-state index in [4.69, 9.17) is 4.74 Å². The van der Waals surface area contributed by atoms with Crippen LogP contribution in [-0.2, 0) is 11.0 Å². The molecule has 272 valence electrons. The maximum absolute atomic E-state index is 14.1. The van der Waals surface area contributed by atoms with Gasteiger partial charge in [-0.15, -0.1) is 0 Å². The molecule has 4 aliphatic carbocycles. The van der Waals surface area contributed by atoms with Crippen LogP contribution in [0.2, 0.25) is 0 Å². The lowest BCUT2D eigenvalue weighted by Crippen LogP contribution is -2.68. The summed E-state index contributed by atoms with van der Waals surface area (Å²) in [5.41, 5.74) is 1.04. The molecule has 5 fully saturated rings. The Labute approximate surface area is 295 Å². The topological polar surface area (TPSA) is 124 Å². The molecule has 4 N–H and O–H groups in total. The summed E-state index contributed by atoms with van der Waals surface area (Å²) in [4.78, 5) is 39.0. The zero-order valence-electron chi connectivity index (χ0n) is 29.4. The zero-order chi connectivity index (χ0) is 36.1. The van der Waals surface area contributed by atoms with Crippen molar-refractivity contribution in [2.24, 2.45) is 23.2 Å². The predicted octanol–water partition coefficient (Wildman–Crippen LogP) is 5.72. The summed E-state index contributed by atoms with van der Waals surface area (Å²) >= 11 is 0. The van der Waals surface area contributed by atoms with Gasteiger partial charge in [0.2, 0.25) is 11.9 Å². The molecule has 8 rings (SSSR count). The third kappa shape index (κ3) is 6.42. The van der Waals surface area contributed by atoms with Gasteiger partial charge in [-0.1, -0.05) is 12.1 Å². The fourth-order valence-electron chi connectivity index (χ4n) is 9.61. The number of nitrogens with zero attached hydrogens (tertiary/aromatic N) is 4. The van der Waals surface area contributed by atoms with Crippen LogP contribution in [0.4, 0.5) is 42.0 Å². The van der Waals surface area contributed by atoms with E-state index in [1.165, 1.54) is 39.5 Å². The predicted molar refractivity (Wildman–Crippen MR) is 189 cm³/mol. The van der Waals surface area contributed by atoms with Crippen LogP contribution < -0.4 is 30.9 Å². The highest BCUT2D eigenvalue weighted by Crippen LogP contribution is 2.61. The number of rotatable bonds is 9. The number of para-hydroxylation sites is 1. The van der Waals surface area contributed by atoms with E-state index in [2.05, 4.69) is 41.0 Å². The Morgan fingerprint density at radius 1 is 0.961 bits per heavy atom. The van der Waals surface area contributed by atoms with Gasteiger partial charge in [0.05, 0.1) is 29.5 Å². The molecule has 4 bridgehead atoms. The Morgan fingerprint density at radius 3 is 2.33 bits per heavy atom. The zero-order valence-corrected chi connectivity index (χ0v) is 29.4. The van der Waals surface area contributed by atoms with Gasteiger partial charge in [-0.3, -0.25) is 14.5 Å². The van der Waals surface area contributed by atoms with Crippen molar-refractivity contribution in [2.75, 3.05) is 62.9 Å². The van der Waals surface area contributed by atoms with Crippen molar-refractivity contribution in [3.8, 4) is 5.75 Å². The minimum atomic E-state index is -4.75. The number of hydrogen-bond acceptors (Lipinski definition) is 9. The second kappa shape index (κ2) is 13.5. The van der Waals surface area contributed by atoms with Gasteiger partial charge < -0.3 is 30.9 Å². The molecular formula is C37H45F3N8O3. The van der Waals surface area contributed by atoms with Crippen LogP contribution in [0.15, 0.2) is 42.6 Å². The molecule has 0 radical (unpaired) electrons. The van der Waals surface area contributed by atoms with Gasteiger partial charge in [0, 0.05) is 64.3 Å². The monoisotopic (exact) mass is 706 g/mol. The summed E-state index contributed by atoms with van der Waals surface area (Å²) in [6, 6.07) is 10.8. The highest BCUT2D eigenvalue weighted by atomic mass is 19.4. The fraction of sp³-hybridized carbons (Fsp3) is 0.514. The summed E-state index contributed by atoms with van der Waals surface area (Å²) in [5.74, 6) is 1.58. The Kier molecular flexibility index (Phi) is 9.23. The molecular weight excluding hydrogens is 661 g/mol. The number of hydrogen-bond donors (Lipinski definition) is 4. The number of benzene rings is 2. The molecule has 3 aromatic rings. The van der Waals surface area contributed by atoms with Crippen LogP contribution in [0.5, 0.6) is 5.75 Å². The Morgan fingerprint density at radius 2 is 1.69 bits per heavy atom. The van der Waals surface area contributed by atoms with Gasteiger partial charge in [0.25, 0.3) is 5.91 Å². The van der Waals surface area contributed by atoms with E-state index in [1.807, 2.05) is 12.1 Å². The van der Waals surface area contributed by atoms with E-state index < -0.39 is 23.5 Å². The third-order valence-electron chi connectivity index (χ3n) is 11.5. The lowest BCUT2D eigenvalue weighted by atomic mass is 9.46. The molecule has 1 saturated heterocycles. The van der Waals surface area contributed by atoms with Crippen molar-refractivity contribution in [3.63, 3.8) is 0 Å². The second-order valence-electron chi connectivity index (χ2n) is 14.5. The number of alkyl halides is 3. The number of nitrogens with one attached hydrogen (secondary N) is 4. The molecule has 3 atom stereocenters. The minimum absolute atomic E-state index is 0.0824. The summed E-state index contributed by atoms with van der Waals surface area (Å²) in [6.07, 6.45) is 1.70. The lowest BCUT2D eigenvalue weighted by Gasteiger charge is -2.63.